The van der Waals surface area contributed by atoms with Crippen LogP contribution in [0.3, 0.4) is 0 Å². The molecule has 0 aromatic rings. The smallest absolute Gasteiger partial charge is 0.0380 e. The summed E-state index contributed by atoms with van der Waals surface area (Å²) in [5, 5.41) is 7.25. The van der Waals surface area contributed by atoms with Gasteiger partial charge in [-0.15, -0.1) is 11.8 Å². The van der Waals surface area contributed by atoms with Gasteiger partial charge in [0.15, 0.2) is 0 Å². The normalized spacial score (nSPS) is 44.8. The van der Waals surface area contributed by atoms with Crippen molar-refractivity contribution in [2.45, 2.75) is 70.1 Å². The van der Waals surface area contributed by atoms with Crippen molar-refractivity contribution >= 4 is 11.8 Å². The average molecular weight is 265 g/mol. The molecule has 2 heteroatoms. The third-order valence-electron chi connectivity index (χ3n) is 5.26. The fourth-order valence-corrected chi connectivity index (χ4v) is 5.42. The van der Waals surface area contributed by atoms with Crippen LogP contribution in [0.4, 0.5) is 0 Å². The SMILES string of the molecule is C[C@H]1CC[C@@H](C2=CS[C@@H]3CCCC[C@@H]3N2)[C@H](C)C1. The predicted octanol–water partition coefficient (Wildman–Crippen LogP) is 4.55. The van der Waals surface area contributed by atoms with Crippen molar-refractivity contribution in [2.75, 3.05) is 0 Å². The lowest BCUT2D eigenvalue weighted by Crippen LogP contribution is -2.44. The van der Waals surface area contributed by atoms with Gasteiger partial charge in [0.25, 0.3) is 0 Å². The van der Waals surface area contributed by atoms with Crippen LogP contribution in [0.1, 0.15) is 58.8 Å². The number of hydrogen-bond donors (Lipinski definition) is 1. The Kier molecular flexibility index (Phi) is 3.93. The van der Waals surface area contributed by atoms with Crippen LogP contribution in [-0.2, 0) is 0 Å². The molecule has 1 N–H and O–H groups in total. The second kappa shape index (κ2) is 5.48. The molecule has 0 radical (unpaired) electrons. The second-order valence-corrected chi connectivity index (χ2v) is 7.90. The molecule has 1 aliphatic heterocycles. The number of fused-ring (bicyclic) bond motifs is 1. The zero-order valence-corrected chi connectivity index (χ0v) is 12.6. The van der Waals surface area contributed by atoms with E-state index in [2.05, 4.69) is 36.3 Å². The molecule has 18 heavy (non-hydrogen) atoms. The highest BCUT2D eigenvalue weighted by Crippen LogP contribution is 2.41. The first kappa shape index (κ1) is 12.9. The third kappa shape index (κ3) is 2.59. The summed E-state index contributed by atoms with van der Waals surface area (Å²) in [7, 11) is 0. The minimum absolute atomic E-state index is 0.773. The summed E-state index contributed by atoms with van der Waals surface area (Å²) in [5.74, 6) is 2.63. The van der Waals surface area contributed by atoms with Gasteiger partial charge in [-0.25, -0.2) is 0 Å². The van der Waals surface area contributed by atoms with Crippen molar-refractivity contribution in [3.63, 3.8) is 0 Å². The Labute approximate surface area is 116 Å². The molecule has 3 aliphatic rings. The van der Waals surface area contributed by atoms with Crippen molar-refractivity contribution in [2.24, 2.45) is 17.8 Å². The van der Waals surface area contributed by atoms with Crippen molar-refractivity contribution in [3.05, 3.63) is 11.1 Å². The van der Waals surface area contributed by atoms with E-state index in [4.69, 9.17) is 0 Å². The molecule has 3 rings (SSSR count). The standard InChI is InChI=1S/C16H27NS/c1-11-7-8-13(12(2)9-11)15-10-18-16-6-4-3-5-14(16)17-15/h10-14,16-17H,3-9H2,1-2H3/t11-,12+,13+,14-,16+/m0/s1. The van der Waals surface area contributed by atoms with Gasteiger partial charge in [-0.05, 0) is 42.9 Å². The van der Waals surface area contributed by atoms with E-state index in [1.807, 2.05) is 0 Å². The molecule has 2 fully saturated rings. The molecule has 1 heterocycles. The Morgan fingerprint density at radius 1 is 1.11 bits per heavy atom. The largest absolute Gasteiger partial charge is 0.384 e. The second-order valence-electron chi connectivity index (χ2n) is 6.79. The number of nitrogens with one attached hydrogen (secondary N) is 1. The Balaban J connectivity index is 1.67. The van der Waals surface area contributed by atoms with Gasteiger partial charge in [-0.2, -0.15) is 0 Å². The Morgan fingerprint density at radius 2 is 1.94 bits per heavy atom. The summed E-state index contributed by atoms with van der Waals surface area (Å²) in [6.07, 6.45) is 9.93. The van der Waals surface area contributed by atoms with Crippen LogP contribution in [0.2, 0.25) is 0 Å². The number of hydrogen-bond acceptors (Lipinski definition) is 2. The maximum atomic E-state index is 3.91. The van der Waals surface area contributed by atoms with Crippen LogP contribution in [0.5, 0.6) is 0 Å². The van der Waals surface area contributed by atoms with E-state index in [0.717, 1.165) is 29.0 Å². The lowest BCUT2D eigenvalue weighted by molar-refractivity contribution is 0.219. The van der Waals surface area contributed by atoms with Gasteiger partial charge >= 0.3 is 0 Å². The van der Waals surface area contributed by atoms with Gasteiger partial charge in [-0.1, -0.05) is 33.1 Å². The van der Waals surface area contributed by atoms with Crippen molar-refractivity contribution in [3.8, 4) is 0 Å². The predicted molar refractivity (Wildman–Crippen MR) is 80.5 cm³/mol. The van der Waals surface area contributed by atoms with Crippen molar-refractivity contribution < 1.29 is 0 Å². The molecule has 0 saturated heterocycles. The van der Waals surface area contributed by atoms with Gasteiger partial charge in [0.2, 0.25) is 0 Å². The molecule has 1 nitrogen and oxygen atoms in total. The van der Waals surface area contributed by atoms with Crippen LogP contribution < -0.4 is 5.32 Å². The minimum Gasteiger partial charge on any atom is -0.384 e. The van der Waals surface area contributed by atoms with E-state index in [9.17, 15) is 0 Å². The fourth-order valence-electron chi connectivity index (χ4n) is 4.16. The summed E-state index contributed by atoms with van der Waals surface area (Å²) in [6, 6.07) is 0.773. The van der Waals surface area contributed by atoms with E-state index in [1.54, 1.807) is 5.70 Å². The summed E-state index contributed by atoms with van der Waals surface area (Å²) in [5.41, 5.74) is 1.59. The van der Waals surface area contributed by atoms with Crippen LogP contribution in [0, 0.1) is 17.8 Å². The summed E-state index contributed by atoms with van der Waals surface area (Å²) < 4.78 is 0. The highest BCUT2D eigenvalue weighted by molar-refractivity contribution is 8.02. The van der Waals surface area contributed by atoms with E-state index in [-0.39, 0.29) is 0 Å². The van der Waals surface area contributed by atoms with Gasteiger partial charge in [0.05, 0.1) is 0 Å². The molecule has 2 aliphatic carbocycles. The molecule has 0 spiro atoms. The van der Waals surface area contributed by atoms with Gasteiger partial charge in [-0.3, -0.25) is 0 Å². The molecule has 0 aromatic heterocycles. The lowest BCUT2D eigenvalue weighted by atomic mass is 9.74. The van der Waals surface area contributed by atoms with Crippen molar-refractivity contribution in [1.29, 1.82) is 0 Å². The molecule has 0 bridgehead atoms. The van der Waals surface area contributed by atoms with Crippen LogP contribution >= 0.6 is 11.8 Å². The van der Waals surface area contributed by atoms with Crippen molar-refractivity contribution in [1.82, 2.24) is 5.32 Å². The van der Waals surface area contributed by atoms with Gasteiger partial charge < -0.3 is 5.32 Å². The van der Waals surface area contributed by atoms with Crippen LogP contribution in [0.15, 0.2) is 11.1 Å². The third-order valence-corrected chi connectivity index (χ3v) is 6.56. The van der Waals surface area contributed by atoms with Crippen LogP contribution in [0.25, 0.3) is 0 Å². The first-order valence-electron chi connectivity index (χ1n) is 7.86. The average Bonchev–Trinajstić information content (AvgIpc) is 2.38. The highest BCUT2D eigenvalue weighted by atomic mass is 32.2. The summed E-state index contributed by atoms with van der Waals surface area (Å²) >= 11 is 2.13. The Morgan fingerprint density at radius 3 is 2.78 bits per heavy atom. The maximum Gasteiger partial charge on any atom is 0.0380 e. The molecule has 102 valence electrons. The van der Waals surface area contributed by atoms with E-state index in [1.165, 1.54) is 44.9 Å². The van der Waals surface area contributed by atoms with E-state index in [0.29, 0.717) is 0 Å². The number of thioether (sulfide) groups is 1. The summed E-state index contributed by atoms with van der Waals surface area (Å²) in [4.78, 5) is 0. The fraction of sp³-hybridized carbons (Fsp3) is 0.875. The van der Waals surface area contributed by atoms with E-state index < -0.39 is 0 Å². The monoisotopic (exact) mass is 265 g/mol. The molecule has 0 aromatic carbocycles. The molecular formula is C16H27NS. The molecule has 0 unspecified atom stereocenters. The quantitative estimate of drug-likeness (QED) is 0.746. The Bertz CT molecular complexity index is 325. The van der Waals surface area contributed by atoms with Gasteiger partial charge in [0, 0.05) is 22.9 Å². The minimum atomic E-state index is 0.773. The first-order chi connectivity index (χ1) is 8.74. The Hall–Kier alpha value is -0.110. The molecular weight excluding hydrogens is 238 g/mol. The number of rotatable bonds is 1. The zero-order chi connectivity index (χ0) is 12.5. The van der Waals surface area contributed by atoms with E-state index >= 15 is 0 Å². The van der Waals surface area contributed by atoms with Crippen LogP contribution in [-0.4, -0.2) is 11.3 Å². The van der Waals surface area contributed by atoms with Gasteiger partial charge in [0.1, 0.15) is 0 Å². The first-order valence-corrected chi connectivity index (χ1v) is 8.80. The zero-order valence-electron chi connectivity index (χ0n) is 11.8. The molecule has 2 saturated carbocycles. The highest BCUT2D eigenvalue weighted by Gasteiger charge is 2.34. The topological polar surface area (TPSA) is 12.0 Å². The number of allylic oxidation sites excluding steroid dienone is 1. The maximum absolute atomic E-state index is 3.91. The lowest BCUT2D eigenvalue weighted by Gasteiger charge is -2.41. The molecule has 0 amide bonds. The summed E-state index contributed by atoms with van der Waals surface area (Å²) in [6.45, 7) is 4.88. The molecule has 5 atom stereocenters.